The average molecular weight is 311 g/mol. The van der Waals surface area contributed by atoms with Gasteiger partial charge in [-0.1, -0.05) is 24.9 Å². The first-order valence-corrected chi connectivity index (χ1v) is 5.68. The van der Waals surface area contributed by atoms with Gasteiger partial charge in [-0.25, -0.2) is 4.98 Å². The summed E-state index contributed by atoms with van der Waals surface area (Å²) < 4.78 is 1.10. The predicted molar refractivity (Wildman–Crippen MR) is 63.8 cm³/mol. The van der Waals surface area contributed by atoms with Gasteiger partial charge in [-0.15, -0.1) is 0 Å². The quantitative estimate of drug-likeness (QED) is 0.688. The molecule has 0 spiro atoms. The van der Waals surface area contributed by atoms with Crippen molar-refractivity contribution >= 4 is 34.2 Å². The molecule has 2 N–H and O–H groups in total. The van der Waals surface area contributed by atoms with Gasteiger partial charge >= 0.3 is 0 Å². The first-order valence-electron chi connectivity index (χ1n) is 4.22. The lowest BCUT2D eigenvalue weighted by molar-refractivity contribution is 0.633. The number of hydrogen-bond acceptors (Lipinski definition) is 2. The Morgan fingerprint density at radius 3 is 2.92 bits per heavy atom. The van der Waals surface area contributed by atoms with E-state index in [-0.39, 0.29) is 6.04 Å². The second kappa shape index (κ2) is 5.12. The van der Waals surface area contributed by atoms with Crippen molar-refractivity contribution in [3.05, 3.63) is 26.5 Å². The van der Waals surface area contributed by atoms with Crippen LogP contribution in [0.1, 0.15) is 31.4 Å². The van der Waals surface area contributed by atoms with Crippen LogP contribution < -0.4 is 5.73 Å². The Bertz CT molecular complexity index is 271. The molecular formula is C9H12ClIN2. The van der Waals surface area contributed by atoms with Crippen LogP contribution in [0.2, 0.25) is 5.15 Å². The van der Waals surface area contributed by atoms with Crippen LogP contribution in [0.15, 0.2) is 12.3 Å². The van der Waals surface area contributed by atoms with Gasteiger partial charge in [0, 0.05) is 21.4 Å². The van der Waals surface area contributed by atoms with Crippen molar-refractivity contribution in [3.8, 4) is 0 Å². The monoisotopic (exact) mass is 310 g/mol. The van der Waals surface area contributed by atoms with Crippen LogP contribution in [-0.2, 0) is 0 Å². The molecule has 0 saturated heterocycles. The summed E-state index contributed by atoms with van der Waals surface area (Å²) in [5, 5.41) is 0.535. The third kappa shape index (κ3) is 2.79. The maximum Gasteiger partial charge on any atom is 0.134 e. The molecule has 0 amide bonds. The topological polar surface area (TPSA) is 38.9 Å². The largest absolute Gasteiger partial charge is 0.324 e. The summed E-state index contributed by atoms with van der Waals surface area (Å²) in [6.45, 7) is 2.11. The maximum absolute atomic E-state index is 5.98. The molecule has 13 heavy (non-hydrogen) atoms. The van der Waals surface area contributed by atoms with Crippen molar-refractivity contribution in [2.75, 3.05) is 0 Å². The van der Waals surface area contributed by atoms with Gasteiger partial charge in [0.1, 0.15) is 5.15 Å². The molecule has 0 fully saturated rings. The highest BCUT2D eigenvalue weighted by molar-refractivity contribution is 14.1. The first-order chi connectivity index (χ1) is 6.16. The molecule has 1 heterocycles. The van der Waals surface area contributed by atoms with Gasteiger partial charge in [0.05, 0.1) is 0 Å². The van der Waals surface area contributed by atoms with Crippen LogP contribution in [0.4, 0.5) is 0 Å². The molecule has 0 aromatic carbocycles. The Hall–Kier alpha value is 0.130. The number of hydrogen-bond donors (Lipinski definition) is 1. The summed E-state index contributed by atoms with van der Waals surface area (Å²) in [6.07, 6.45) is 3.70. The summed E-state index contributed by atoms with van der Waals surface area (Å²) in [5.74, 6) is 0. The normalized spacial score (nSPS) is 12.9. The van der Waals surface area contributed by atoms with E-state index >= 15 is 0 Å². The summed E-state index contributed by atoms with van der Waals surface area (Å²) >= 11 is 8.20. The highest BCUT2D eigenvalue weighted by Crippen LogP contribution is 2.26. The fraction of sp³-hybridized carbons (Fsp3) is 0.444. The lowest BCUT2D eigenvalue weighted by atomic mass is 10.1. The minimum absolute atomic E-state index is 0.0121. The lowest BCUT2D eigenvalue weighted by Gasteiger charge is -2.13. The van der Waals surface area contributed by atoms with Gasteiger partial charge in [-0.3, -0.25) is 0 Å². The number of rotatable bonds is 3. The van der Waals surface area contributed by atoms with Crippen LogP contribution in [0.3, 0.4) is 0 Å². The minimum atomic E-state index is 0.0121. The number of nitrogens with two attached hydrogens (primary N) is 1. The Balaban J connectivity index is 2.98. The molecule has 0 aliphatic carbocycles. The third-order valence-electron chi connectivity index (χ3n) is 1.86. The fourth-order valence-electron chi connectivity index (χ4n) is 1.21. The Morgan fingerprint density at radius 1 is 1.69 bits per heavy atom. The number of nitrogens with zero attached hydrogens (tertiary/aromatic N) is 1. The maximum atomic E-state index is 5.98. The van der Waals surface area contributed by atoms with E-state index in [1.165, 1.54) is 0 Å². The summed E-state index contributed by atoms with van der Waals surface area (Å²) in [7, 11) is 0. The second-order valence-corrected chi connectivity index (χ2v) is 4.41. The summed E-state index contributed by atoms with van der Waals surface area (Å²) in [4.78, 5) is 4.02. The smallest absolute Gasteiger partial charge is 0.134 e. The van der Waals surface area contributed by atoms with Crippen LogP contribution in [0.25, 0.3) is 0 Å². The molecule has 0 bridgehead atoms. The van der Waals surface area contributed by atoms with E-state index in [4.69, 9.17) is 17.3 Å². The van der Waals surface area contributed by atoms with E-state index in [1.54, 1.807) is 6.20 Å². The van der Waals surface area contributed by atoms with Crippen LogP contribution in [-0.4, -0.2) is 4.98 Å². The first kappa shape index (κ1) is 11.2. The van der Waals surface area contributed by atoms with E-state index in [0.29, 0.717) is 5.15 Å². The van der Waals surface area contributed by atoms with Crippen molar-refractivity contribution in [2.24, 2.45) is 5.73 Å². The van der Waals surface area contributed by atoms with E-state index in [9.17, 15) is 0 Å². The second-order valence-electron chi connectivity index (χ2n) is 2.89. The van der Waals surface area contributed by atoms with Gasteiger partial charge in [-0.05, 0) is 35.1 Å². The number of aromatic nitrogens is 1. The number of halogens is 2. The van der Waals surface area contributed by atoms with Crippen LogP contribution >= 0.6 is 34.2 Å². The molecule has 0 aliphatic rings. The van der Waals surface area contributed by atoms with Gasteiger partial charge in [0.2, 0.25) is 0 Å². The highest BCUT2D eigenvalue weighted by Gasteiger charge is 2.13. The molecule has 0 saturated carbocycles. The molecule has 1 aromatic rings. The fourth-order valence-corrected chi connectivity index (χ4v) is 2.49. The van der Waals surface area contributed by atoms with Crippen LogP contribution in [0, 0.1) is 3.57 Å². The molecule has 0 unspecified atom stereocenters. The van der Waals surface area contributed by atoms with E-state index < -0.39 is 0 Å². The van der Waals surface area contributed by atoms with Crippen molar-refractivity contribution in [2.45, 2.75) is 25.8 Å². The highest BCUT2D eigenvalue weighted by atomic mass is 127. The van der Waals surface area contributed by atoms with Crippen molar-refractivity contribution in [3.63, 3.8) is 0 Å². The Morgan fingerprint density at radius 2 is 2.38 bits per heavy atom. The molecular weight excluding hydrogens is 298 g/mol. The Kier molecular flexibility index (Phi) is 4.41. The third-order valence-corrected chi connectivity index (χ3v) is 3.10. The standard InChI is InChI=1S/C9H12ClIN2/c1-2-3-7(12)8-6(11)4-5-13-9(8)10/h4-5,7H,2-3,12H2,1H3/t7-/m1/s1. The van der Waals surface area contributed by atoms with Crippen molar-refractivity contribution in [1.82, 2.24) is 4.98 Å². The van der Waals surface area contributed by atoms with Crippen molar-refractivity contribution < 1.29 is 0 Å². The SMILES string of the molecule is CCC[C@@H](N)c1c(I)ccnc1Cl. The zero-order valence-electron chi connectivity index (χ0n) is 7.43. The zero-order valence-corrected chi connectivity index (χ0v) is 10.3. The van der Waals surface area contributed by atoms with Gasteiger partial charge < -0.3 is 5.73 Å². The van der Waals surface area contributed by atoms with Gasteiger partial charge in [0.15, 0.2) is 0 Å². The lowest BCUT2D eigenvalue weighted by Crippen LogP contribution is -2.12. The zero-order chi connectivity index (χ0) is 9.84. The number of pyridine rings is 1. The van der Waals surface area contributed by atoms with Gasteiger partial charge in [-0.2, -0.15) is 0 Å². The average Bonchev–Trinajstić information content (AvgIpc) is 2.04. The predicted octanol–water partition coefficient (Wildman–Crippen LogP) is 3.14. The van der Waals surface area contributed by atoms with E-state index in [1.807, 2.05) is 6.07 Å². The molecule has 72 valence electrons. The minimum Gasteiger partial charge on any atom is -0.324 e. The van der Waals surface area contributed by atoms with E-state index in [2.05, 4.69) is 34.5 Å². The van der Waals surface area contributed by atoms with Crippen molar-refractivity contribution in [1.29, 1.82) is 0 Å². The molecule has 0 radical (unpaired) electrons. The summed E-state index contributed by atoms with van der Waals surface area (Å²) in [5.41, 5.74) is 6.96. The molecule has 0 aliphatic heterocycles. The molecule has 4 heteroatoms. The van der Waals surface area contributed by atoms with Gasteiger partial charge in [0.25, 0.3) is 0 Å². The molecule has 2 nitrogen and oxygen atoms in total. The Labute approximate surface area is 97.0 Å². The van der Waals surface area contributed by atoms with E-state index in [0.717, 1.165) is 22.0 Å². The summed E-state index contributed by atoms with van der Waals surface area (Å²) in [6, 6.07) is 1.94. The molecule has 1 atom stereocenters. The van der Waals surface area contributed by atoms with Crippen LogP contribution in [0.5, 0.6) is 0 Å². The molecule has 1 rings (SSSR count). The molecule has 1 aromatic heterocycles.